The number of carbonyl (C=O) groups is 1. The standard InChI is InChI=1S/C11H9F3N2O2S/c12-11(13,14)10(15,9(17)18)5-8-16-6-3-1-2-4-7(6)19-8/h1-4H,5,15H2,(H,17,18). The number of carboxylic acid groups (broad SMARTS) is 1. The molecule has 8 heteroatoms. The van der Waals surface area contributed by atoms with Crippen LogP contribution in [0.4, 0.5) is 13.2 Å². The minimum absolute atomic E-state index is 0.0448. The largest absolute Gasteiger partial charge is 0.480 e. The van der Waals surface area contributed by atoms with Crippen molar-refractivity contribution in [2.45, 2.75) is 18.1 Å². The summed E-state index contributed by atoms with van der Waals surface area (Å²) in [5, 5.41) is 8.78. The first-order valence-corrected chi connectivity index (χ1v) is 5.99. The predicted octanol–water partition coefficient (Wildman–Crippen LogP) is 2.18. The van der Waals surface area contributed by atoms with Gasteiger partial charge in [-0.1, -0.05) is 12.1 Å². The maximum atomic E-state index is 12.8. The van der Waals surface area contributed by atoms with E-state index in [4.69, 9.17) is 10.8 Å². The lowest BCUT2D eigenvalue weighted by molar-refractivity contribution is -0.201. The van der Waals surface area contributed by atoms with E-state index in [1.165, 1.54) is 0 Å². The number of benzene rings is 1. The van der Waals surface area contributed by atoms with Crippen LogP contribution in [-0.2, 0) is 11.2 Å². The summed E-state index contributed by atoms with van der Waals surface area (Å²) in [5.74, 6) is -2.11. The van der Waals surface area contributed by atoms with Crippen molar-refractivity contribution in [3.05, 3.63) is 29.3 Å². The molecule has 4 nitrogen and oxygen atoms in total. The van der Waals surface area contributed by atoms with Crippen molar-refractivity contribution in [3.63, 3.8) is 0 Å². The molecule has 0 spiro atoms. The van der Waals surface area contributed by atoms with Crippen molar-refractivity contribution >= 4 is 27.5 Å². The fourth-order valence-electron chi connectivity index (χ4n) is 1.53. The third-order valence-corrected chi connectivity index (χ3v) is 3.69. The monoisotopic (exact) mass is 290 g/mol. The maximum absolute atomic E-state index is 12.8. The molecule has 3 N–H and O–H groups in total. The number of aromatic nitrogens is 1. The van der Waals surface area contributed by atoms with Crippen molar-refractivity contribution in [2.24, 2.45) is 5.73 Å². The molecule has 2 rings (SSSR count). The number of halogens is 3. The van der Waals surface area contributed by atoms with Crippen LogP contribution in [0.3, 0.4) is 0 Å². The number of thiazole rings is 1. The first-order chi connectivity index (χ1) is 8.74. The van der Waals surface area contributed by atoms with Crippen LogP contribution in [0.2, 0.25) is 0 Å². The number of fused-ring (bicyclic) bond motifs is 1. The third-order valence-electron chi connectivity index (χ3n) is 2.66. The molecule has 0 saturated carbocycles. The van der Waals surface area contributed by atoms with Crippen LogP contribution in [0, 0.1) is 0 Å². The van der Waals surface area contributed by atoms with Gasteiger partial charge in [0.25, 0.3) is 0 Å². The number of rotatable bonds is 3. The molecule has 0 aliphatic rings. The van der Waals surface area contributed by atoms with Crippen LogP contribution in [0.25, 0.3) is 10.2 Å². The minimum Gasteiger partial charge on any atom is -0.480 e. The van der Waals surface area contributed by atoms with Gasteiger partial charge in [-0.15, -0.1) is 11.3 Å². The number of nitrogens with two attached hydrogens (primary N) is 1. The lowest BCUT2D eigenvalue weighted by Gasteiger charge is -2.26. The van der Waals surface area contributed by atoms with Gasteiger partial charge in [0.05, 0.1) is 15.2 Å². The Labute approximate surface area is 109 Å². The first kappa shape index (κ1) is 13.8. The van der Waals surface area contributed by atoms with Crippen LogP contribution < -0.4 is 5.73 Å². The second-order valence-electron chi connectivity index (χ2n) is 4.03. The molecule has 0 saturated heterocycles. The van der Waals surface area contributed by atoms with E-state index in [2.05, 4.69) is 4.98 Å². The summed E-state index contributed by atoms with van der Waals surface area (Å²) in [7, 11) is 0. The molecule has 0 aliphatic carbocycles. The van der Waals surface area contributed by atoms with E-state index in [0.29, 0.717) is 10.2 Å². The summed E-state index contributed by atoms with van der Waals surface area (Å²) in [5.41, 5.74) is 2.22. The van der Waals surface area contributed by atoms with Crippen molar-refractivity contribution < 1.29 is 23.1 Å². The quantitative estimate of drug-likeness (QED) is 0.908. The summed E-state index contributed by atoms with van der Waals surface area (Å²) in [6.45, 7) is 0. The van der Waals surface area contributed by atoms with E-state index in [-0.39, 0.29) is 5.01 Å². The molecule has 19 heavy (non-hydrogen) atoms. The zero-order chi connectivity index (χ0) is 14.3. The average Bonchev–Trinajstić information content (AvgIpc) is 2.68. The van der Waals surface area contributed by atoms with Gasteiger partial charge in [-0.2, -0.15) is 13.2 Å². The Balaban J connectivity index is 2.39. The highest BCUT2D eigenvalue weighted by Gasteiger charge is 2.58. The molecule has 0 radical (unpaired) electrons. The minimum atomic E-state index is -5.04. The normalized spacial score (nSPS) is 15.4. The molecule has 2 aromatic rings. The first-order valence-electron chi connectivity index (χ1n) is 5.17. The Morgan fingerprint density at radius 1 is 1.37 bits per heavy atom. The van der Waals surface area contributed by atoms with Crippen LogP contribution in [-0.4, -0.2) is 27.8 Å². The smallest absolute Gasteiger partial charge is 0.417 e. The van der Waals surface area contributed by atoms with Crippen LogP contribution in [0.1, 0.15) is 5.01 Å². The molecular formula is C11H9F3N2O2S. The van der Waals surface area contributed by atoms with E-state index in [1.807, 2.05) is 0 Å². The highest BCUT2D eigenvalue weighted by atomic mass is 32.1. The summed E-state index contributed by atoms with van der Waals surface area (Å²) in [6, 6.07) is 6.76. The van der Waals surface area contributed by atoms with Gasteiger partial charge in [0.15, 0.2) is 0 Å². The molecule has 1 aromatic carbocycles. The molecular weight excluding hydrogens is 281 g/mol. The maximum Gasteiger partial charge on any atom is 0.417 e. The van der Waals surface area contributed by atoms with Gasteiger partial charge in [-0.05, 0) is 12.1 Å². The number of aliphatic carboxylic acids is 1. The summed E-state index contributed by atoms with van der Waals surface area (Å²) >= 11 is 1.00. The third kappa shape index (κ3) is 2.41. The molecule has 1 heterocycles. The molecule has 0 amide bonds. The fourth-order valence-corrected chi connectivity index (χ4v) is 2.59. The Morgan fingerprint density at radius 3 is 2.53 bits per heavy atom. The van der Waals surface area contributed by atoms with Crippen molar-refractivity contribution in [2.75, 3.05) is 0 Å². The molecule has 102 valence electrons. The lowest BCUT2D eigenvalue weighted by Crippen LogP contribution is -2.61. The van der Waals surface area contributed by atoms with Crippen molar-refractivity contribution in [1.82, 2.24) is 4.98 Å². The molecule has 1 atom stereocenters. The van der Waals surface area contributed by atoms with Gasteiger partial charge in [0.1, 0.15) is 0 Å². The number of para-hydroxylation sites is 1. The van der Waals surface area contributed by atoms with E-state index in [9.17, 15) is 18.0 Å². The fraction of sp³-hybridized carbons (Fsp3) is 0.273. The average molecular weight is 290 g/mol. The summed E-state index contributed by atoms with van der Waals surface area (Å²) in [4.78, 5) is 14.8. The van der Waals surface area contributed by atoms with Crippen LogP contribution in [0.15, 0.2) is 24.3 Å². The van der Waals surface area contributed by atoms with Crippen molar-refractivity contribution in [3.8, 4) is 0 Å². The zero-order valence-electron chi connectivity index (χ0n) is 9.44. The van der Waals surface area contributed by atoms with E-state index in [1.54, 1.807) is 24.3 Å². The van der Waals surface area contributed by atoms with Gasteiger partial charge in [0.2, 0.25) is 5.54 Å². The predicted molar refractivity (Wildman–Crippen MR) is 63.9 cm³/mol. The topological polar surface area (TPSA) is 76.2 Å². The second kappa shape index (κ2) is 4.46. The Morgan fingerprint density at radius 2 is 2.00 bits per heavy atom. The second-order valence-corrected chi connectivity index (χ2v) is 5.14. The number of alkyl halides is 3. The van der Waals surface area contributed by atoms with Gasteiger partial charge < -0.3 is 10.8 Å². The van der Waals surface area contributed by atoms with Gasteiger partial charge in [-0.25, -0.2) is 9.78 Å². The van der Waals surface area contributed by atoms with E-state index in [0.717, 1.165) is 11.3 Å². The van der Waals surface area contributed by atoms with E-state index >= 15 is 0 Å². The van der Waals surface area contributed by atoms with Gasteiger partial charge >= 0.3 is 12.1 Å². The van der Waals surface area contributed by atoms with Crippen LogP contribution in [0.5, 0.6) is 0 Å². The van der Waals surface area contributed by atoms with Gasteiger partial charge in [0, 0.05) is 6.42 Å². The van der Waals surface area contributed by atoms with Crippen LogP contribution >= 0.6 is 11.3 Å². The Bertz CT molecular complexity index is 593. The Kier molecular flexibility index (Phi) is 3.23. The molecule has 0 bridgehead atoms. The van der Waals surface area contributed by atoms with Gasteiger partial charge in [-0.3, -0.25) is 0 Å². The number of hydrogen-bond acceptors (Lipinski definition) is 4. The highest BCUT2D eigenvalue weighted by Crippen LogP contribution is 2.33. The molecule has 1 unspecified atom stereocenters. The summed E-state index contributed by atoms with van der Waals surface area (Å²) < 4.78 is 39.0. The van der Waals surface area contributed by atoms with Crippen molar-refractivity contribution in [1.29, 1.82) is 0 Å². The number of nitrogens with zero attached hydrogens (tertiary/aromatic N) is 1. The molecule has 0 fully saturated rings. The molecule has 1 aromatic heterocycles. The Hall–Kier alpha value is -1.67. The lowest BCUT2D eigenvalue weighted by atomic mass is 9.96. The summed E-state index contributed by atoms with van der Waals surface area (Å²) in [6.07, 6.45) is -5.93. The zero-order valence-corrected chi connectivity index (χ0v) is 10.3. The molecule has 0 aliphatic heterocycles. The van der Waals surface area contributed by atoms with E-state index < -0.39 is 24.1 Å². The SMILES string of the molecule is NC(Cc1nc2ccccc2s1)(C(=O)O)C(F)(F)F. The highest BCUT2D eigenvalue weighted by molar-refractivity contribution is 7.18. The number of hydrogen-bond donors (Lipinski definition) is 2. The number of carboxylic acids is 1.